The highest BCUT2D eigenvalue weighted by Gasteiger charge is 2.17. The molecule has 2 N–H and O–H groups in total. The summed E-state index contributed by atoms with van der Waals surface area (Å²) in [6, 6.07) is 5.69. The van der Waals surface area contributed by atoms with E-state index < -0.39 is 15.8 Å². The maximum Gasteiger partial charge on any atom is 0.241 e. The van der Waals surface area contributed by atoms with Gasteiger partial charge in [0, 0.05) is 0 Å². The molecule has 0 unspecified atom stereocenters. The van der Waals surface area contributed by atoms with Crippen molar-refractivity contribution in [2.24, 2.45) is 5.14 Å². The molecule has 0 bridgehead atoms. The fraction of sp³-hybridized carbons (Fsp3) is 0.100. The third-order valence-corrected chi connectivity index (χ3v) is 3.34. The van der Waals surface area contributed by atoms with Crippen LogP contribution in [0.25, 0.3) is 5.69 Å². The van der Waals surface area contributed by atoms with Crippen LogP contribution in [0.15, 0.2) is 35.4 Å². The lowest BCUT2D eigenvalue weighted by Gasteiger charge is -2.04. The standard InChI is InChI=1S/C10H10FN3O2S/c1-7-10(17(12,15)16)6-13-14(7)9-4-2-3-8(11)5-9/h2-6H,1H3,(H2,12,15,16). The Hall–Kier alpha value is -1.73. The smallest absolute Gasteiger partial charge is 0.237 e. The monoisotopic (exact) mass is 255 g/mol. The maximum atomic E-state index is 13.0. The van der Waals surface area contributed by atoms with E-state index in [1.54, 1.807) is 13.0 Å². The van der Waals surface area contributed by atoms with Crippen LogP contribution < -0.4 is 5.14 Å². The number of primary sulfonamides is 1. The minimum atomic E-state index is -3.81. The molecule has 2 aromatic rings. The average molecular weight is 255 g/mol. The molecule has 0 fully saturated rings. The molecular formula is C10H10FN3O2S. The molecule has 5 nitrogen and oxygen atoms in total. The average Bonchev–Trinajstić information content (AvgIpc) is 2.59. The summed E-state index contributed by atoms with van der Waals surface area (Å²) in [7, 11) is -3.81. The SMILES string of the molecule is Cc1c(S(N)(=O)=O)cnn1-c1cccc(F)c1. The molecule has 0 saturated heterocycles. The molecule has 7 heteroatoms. The van der Waals surface area contributed by atoms with Crippen LogP contribution >= 0.6 is 0 Å². The predicted molar refractivity (Wildman–Crippen MR) is 59.6 cm³/mol. The van der Waals surface area contributed by atoms with Gasteiger partial charge in [0.05, 0.1) is 17.6 Å². The molecule has 1 aromatic heterocycles. The van der Waals surface area contributed by atoms with E-state index in [1.165, 1.54) is 22.9 Å². The molecule has 1 heterocycles. The number of nitrogens with two attached hydrogens (primary N) is 1. The number of aromatic nitrogens is 2. The van der Waals surface area contributed by atoms with Crippen molar-refractivity contribution in [1.29, 1.82) is 0 Å². The summed E-state index contributed by atoms with van der Waals surface area (Å²) in [5.41, 5.74) is 0.788. The van der Waals surface area contributed by atoms with E-state index in [-0.39, 0.29) is 4.90 Å². The first-order valence-electron chi connectivity index (χ1n) is 4.73. The molecule has 0 saturated carbocycles. The summed E-state index contributed by atoms with van der Waals surface area (Å²) >= 11 is 0. The van der Waals surface area contributed by atoms with Crippen LogP contribution in [0.5, 0.6) is 0 Å². The second kappa shape index (κ2) is 3.94. The number of hydrogen-bond acceptors (Lipinski definition) is 3. The number of sulfonamides is 1. The number of hydrogen-bond donors (Lipinski definition) is 1. The first kappa shape index (κ1) is 11.7. The Bertz CT molecular complexity index is 664. The van der Waals surface area contributed by atoms with Gasteiger partial charge in [0.1, 0.15) is 10.7 Å². The zero-order valence-electron chi connectivity index (χ0n) is 8.96. The zero-order chi connectivity index (χ0) is 12.6. The van der Waals surface area contributed by atoms with E-state index in [9.17, 15) is 12.8 Å². The first-order chi connectivity index (χ1) is 7.89. The predicted octanol–water partition coefficient (Wildman–Crippen LogP) is 0.967. The largest absolute Gasteiger partial charge is 0.241 e. The Morgan fingerprint density at radius 1 is 1.41 bits per heavy atom. The van der Waals surface area contributed by atoms with Crippen LogP contribution in [0.1, 0.15) is 5.69 Å². The topological polar surface area (TPSA) is 78.0 Å². The van der Waals surface area contributed by atoms with E-state index in [0.717, 1.165) is 6.20 Å². The van der Waals surface area contributed by atoms with Gasteiger partial charge in [-0.1, -0.05) is 6.07 Å². The zero-order valence-corrected chi connectivity index (χ0v) is 9.78. The van der Waals surface area contributed by atoms with Gasteiger partial charge in [0.25, 0.3) is 0 Å². The number of nitrogens with zero attached hydrogens (tertiary/aromatic N) is 2. The first-order valence-corrected chi connectivity index (χ1v) is 6.27. The van der Waals surface area contributed by atoms with Crippen molar-refractivity contribution in [3.8, 4) is 5.69 Å². The molecule has 0 aliphatic heterocycles. The van der Waals surface area contributed by atoms with Gasteiger partial charge in [-0.05, 0) is 25.1 Å². The second-order valence-electron chi connectivity index (χ2n) is 3.53. The van der Waals surface area contributed by atoms with E-state index in [2.05, 4.69) is 5.10 Å². The van der Waals surface area contributed by atoms with E-state index in [1.807, 2.05) is 0 Å². The summed E-state index contributed by atoms with van der Waals surface area (Å²) in [4.78, 5) is -0.0678. The fourth-order valence-electron chi connectivity index (χ4n) is 1.54. The molecule has 0 atom stereocenters. The fourth-order valence-corrected chi connectivity index (χ4v) is 2.23. The Morgan fingerprint density at radius 2 is 2.12 bits per heavy atom. The van der Waals surface area contributed by atoms with Crippen molar-refractivity contribution >= 4 is 10.0 Å². The van der Waals surface area contributed by atoms with Crippen LogP contribution in [0.4, 0.5) is 4.39 Å². The minimum absolute atomic E-state index is 0.0678. The summed E-state index contributed by atoms with van der Waals surface area (Å²) in [5, 5.41) is 8.91. The lowest BCUT2D eigenvalue weighted by molar-refractivity contribution is 0.597. The van der Waals surface area contributed by atoms with Crippen molar-refractivity contribution in [3.63, 3.8) is 0 Å². The minimum Gasteiger partial charge on any atom is -0.237 e. The van der Waals surface area contributed by atoms with Gasteiger partial charge < -0.3 is 0 Å². The molecule has 0 amide bonds. The normalized spacial score (nSPS) is 11.7. The van der Waals surface area contributed by atoms with Gasteiger partial charge in [0.15, 0.2) is 0 Å². The highest BCUT2D eigenvalue weighted by molar-refractivity contribution is 7.89. The van der Waals surface area contributed by atoms with Crippen molar-refractivity contribution < 1.29 is 12.8 Å². The summed E-state index contributed by atoms with van der Waals surface area (Å²) in [6.07, 6.45) is 1.15. The van der Waals surface area contributed by atoms with Crippen LogP contribution in [0, 0.1) is 12.7 Å². The lowest BCUT2D eigenvalue weighted by atomic mass is 10.3. The third kappa shape index (κ3) is 2.20. The molecule has 0 radical (unpaired) electrons. The molecular weight excluding hydrogens is 245 g/mol. The van der Waals surface area contributed by atoms with Crippen molar-refractivity contribution in [2.45, 2.75) is 11.8 Å². The van der Waals surface area contributed by atoms with Crippen molar-refractivity contribution in [2.75, 3.05) is 0 Å². The highest BCUT2D eigenvalue weighted by Crippen LogP contribution is 2.17. The Labute approximate surface area is 97.7 Å². The molecule has 1 aromatic carbocycles. The Balaban J connectivity index is 2.60. The summed E-state index contributed by atoms with van der Waals surface area (Å²) in [5.74, 6) is -0.422. The molecule has 17 heavy (non-hydrogen) atoms. The van der Waals surface area contributed by atoms with Crippen molar-refractivity contribution in [3.05, 3.63) is 42.0 Å². The number of benzene rings is 1. The number of rotatable bonds is 2. The quantitative estimate of drug-likeness (QED) is 0.868. The van der Waals surface area contributed by atoms with Gasteiger partial charge in [-0.3, -0.25) is 0 Å². The molecule has 0 aliphatic carbocycles. The van der Waals surface area contributed by atoms with E-state index in [4.69, 9.17) is 5.14 Å². The van der Waals surface area contributed by atoms with Gasteiger partial charge in [-0.25, -0.2) is 22.6 Å². The Kier molecular flexibility index (Phi) is 2.72. The third-order valence-electron chi connectivity index (χ3n) is 2.32. The highest BCUT2D eigenvalue weighted by atomic mass is 32.2. The van der Waals surface area contributed by atoms with Crippen LogP contribution in [0.3, 0.4) is 0 Å². The molecule has 0 aliphatic rings. The van der Waals surface area contributed by atoms with Crippen LogP contribution in [0.2, 0.25) is 0 Å². The molecule has 2 rings (SSSR count). The van der Waals surface area contributed by atoms with E-state index in [0.29, 0.717) is 11.4 Å². The second-order valence-corrected chi connectivity index (χ2v) is 5.06. The summed E-state index contributed by atoms with van der Waals surface area (Å²) in [6.45, 7) is 1.55. The van der Waals surface area contributed by atoms with Gasteiger partial charge in [-0.2, -0.15) is 5.10 Å². The van der Waals surface area contributed by atoms with Gasteiger partial charge in [0.2, 0.25) is 10.0 Å². The maximum absolute atomic E-state index is 13.0. The van der Waals surface area contributed by atoms with Crippen molar-refractivity contribution in [1.82, 2.24) is 9.78 Å². The molecule has 90 valence electrons. The summed E-state index contributed by atoms with van der Waals surface area (Å²) < 4.78 is 36.8. The van der Waals surface area contributed by atoms with E-state index >= 15 is 0 Å². The van der Waals surface area contributed by atoms with Crippen LogP contribution in [-0.4, -0.2) is 18.2 Å². The Morgan fingerprint density at radius 3 is 2.65 bits per heavy atom. The van der Waals surface area contributed by atoms with Crippen LogP contribution in [-0.2, 0) is 10.0 Å². The van der Waals surface area contributed by atoms with Gasteiger partial charge in [-0.15, -0.1) is 0 Å². The van der Waals surface area contributed by atoms with Gasteiger partial charge >= 0.3 is 0 Å². The number of halogens is 1. The lowest BCUT2D eigenvalue weighted by Crippen LogP contribution is -2.13. The molecule has 0 spiro atoms.